The van der Waals surface area contributed by atoms with Crippen LogP contribution in [-0.2, 0) is 16.0 Å². The highest BCUT2D eigenvalue weighted by Crippen LogP contribution is 2.22. The first-order valence-electron chi connectivity index (χ1n) is 9.86. The minimum absolute atomic E-state index is 0.169. The maximum absolute atomic E-state index is 13.0. The van der Waals surface area contributed by atoms with Gasteiger partial charge in [0.05, 0.1) is 0 Å². The minimum atomic E-state index is -1.14. The quantitative estimate of drug-likeness (QED) is 0.758. The lowest BCUT2D eigenvalue weighted by Gasteiger charge is -2.38. The van der Waals surface area contributed by atoms with E-state index < -0.39 is 5.41 Å². The number of piperazine rings is 1. The lowest BCUT2D eigenvalue weighted by molar-refractivity contribution is -0.148. The van der Waals surface area contributed by atoms with Crippen LogP contribution in [0.5, 0.6) is 0 Å². The molecule has 0 unspecified atom stereocenters. The van der Waals surface area contributed by atoms with E-state index in [4.69, 9.17) is 0 Å². The second kappa shape index (κ2) is 9.03. The third-order valence-electron chi connectivity index (χ3n) is 5.25. The van der Waals surface area contributed by atoms with Crippen molar-refractivity contribution < 1.29 is 14.0 Å². The number of nitrogens with one attached hydrogen (secondary N) is 1. The highest BCUT2D eigenvalue weighted by molar-refractivity contribution is 6.04. The third kappa shape index (κ3) is 5.10. The van der Waals surface area contributed by atoms with Crippen LogP contribution in [0.25, 0.3) is 0 Å². The number of nitrogens with zero attached hydrogens (tertiary/aromatic N) is 3. The Hall–Kier alpha value is -2.96. The fraction of sp³-hybridized carbons (Fsp3) is 0.409. The number of anilines is 1. The molecule has 1 aliphatic heterocycles. The number of hydrogen-bond acceptors (Lipinski definition) is 4. The zero-order valence-electron chi connectivity index (χ0n) is 16.9. The molecule has 7 heteroatoms. The van der Waals surface area contributed by atoms with Crippen LogP contribution in [0.3, 0.4) is 0 Å². The standard InChI is InChI=1S/C22H27FN4O2/c1-22(2,20(28)25-12-10-17-6-8-18(23)9-7-17)21(29)27-15-13-26(14-16-27)19-5-3-4-11-24-19/h3-9,11H,10,12-16H2,1-2H3,(H,25,28). The van der Waals surface area contributed by atoms with Crippen molar-refractivity contribution >= 4 is 17.6 Å². The Morgan fingerprint density at radius 2 is 1.76 bits per heavy atom. The lowest BCUT2D eigenvalue weighted by Crippen LogP contribution is -2.55. The van der Waals surface area contributed by atoms with Crippen molar-refractivity contribution in [2.45, 2.75) is 20.3 Å². The molecule has 1 aliphatic rings. The molecule has 1 N–H and O–H groups in total. The SMILES string of the molecule is CC(C)(C(=O)NCCc1ccc(F)cc1)C(=O)N1CCN(c2ccccn2)CC1. The van der Waals surface area contributed by atoms with E-state index in [9.17, 15) is 14.0 Å². The van der Waals surface area contributed by atoms with E-state index in [0.29, 0.717) is 39.1 Å². The van der Waals surface area contributed by atoms with Gasteiger partial charge in [0.2, 0.25) is 11.8 Å². The Morgan fingerprint density at radius 1 is 1.07 bits per heavy atom. The molecule has 0 spiro atoms. The van der Waals surface area contributed by atoms with Crippen LogP contribution in [0.15, 0.2) is 48.7 Å². The van der Waals surface area contributed by atoms with Gasteiger partial charge in [0.15, 0.2) is 0 Å². The van der Waals surface area contributed by atoms with Crippen molar-refractivity contribution in [3.63, 3.8) is 0 Å². The molecule has 0 saturated carbocycles. The maximum atomic E-state index is 13.0. The molecule has 1 fully saturated rings. The molecular weight excluding hydrogens is 371 g/mol. The number of halogens is 1. The van der Waals surface area contributed by atoms with Crippen molar-refractivity contribution in [3.8, 4) is 0 Å². The summed E-state index contributed by atoms with van der Waals surface area (Å²) in [6.45, 7) is 6.20. The molecule has 154 valence electrons. The second-order valence-electron chi connectivity index (χ2n) is 7.72. The van der Waals surface area contributed by atoms with E-state index in [1.165, 1.54) is 12.1 Å². The molecule has 1 aromatic heterocycles. The summed E-state index contributed by atoms with van der Waals surface area (Å²) < 4.78 is 13.0. The highest BCUT2D eigenvalue weighted by Gasteiger charge is 2.39. The van der Waals surface area contributed by atoms with Crippen molar-refractivity contribution in [2.75, 3.05) is 37.6 Å². The van der Waals surface area contributed by atoms with E-state index in [-0.39, 0.29) is 17.6 Å². The zero-order valence-corrected chi connectivity index (χ0v) is 16.9. The number of carbonyl (C=O) groups is 2. The third-order valence-corrected chi connectivity index (χ3v) is 5.25. The topological polar surface area (TPSA) is 65.5 Å². The van der Waals surface area contributed by atoms with Gasteiger partial charge in [-0.25, -0.2) is 9.37 Å². The molecule has 2 aromatic rings. The Bertz CT molecular complexity index is 832. The molecular formula is C22H27FN4O2. The first kappa shape index (κ1) is 20.8. The predicted molar refractivity (Wildman–Crippen MR) is 110 cm³/mol. The normalized spacial score (nSPS) is 14.6. The Balaban J connectivity index is 1.49. The van der Waals surface area contributed by atoms with Crippen LogP contribution < -0.4 is 10.2 Å². The van der Waals surface area contributed by atoms with Gasteiger partial charge in [0.25, 0.3) is 0 Å². The number of amides is 2. The summed E-state index contributed by atoms with van der Waals surface area (Å²) in [6, 6.07) is 12.0. The largest absolute Gasteiger partial charge is 0.355 e. The smallest absolute Gasteiger partial charge is 0.237 e. The molecule has 0 aliphatic carbocycles. The molecule has 2 heterocycles. The summed E-state index contributed by atoms with van der Waals surface area (Å²) in [4.78, 5) is 33.8. The Kier molecular flexibility index (Phi) is 6.46. The van der Waals surface area contributed by atoms with Gasteiger partial charge < -0.3 is 15.1 Å². The maximum Gasteiger partial charge on any atom is 0.237 e. The van der Waals surface area contributed by atoms with Gasteiger partial charge in [-0.2, -0.15) is 0 Å². The molecule has 29 heavy (non-hydrogen) atoms. The number of pyridine rings is 1. The number of hydrogen-bond donors (Lipinski definition) is 1. The van der Waals surface area contributed by atoms with Gasteiger partial charge >= 0.3 is 0 Å². The fourth-order valence-corrected chi connectivity index (χ4v) is 3.36. The number of rotatable bonds is 6. The predicted octanol–water partition coefficient (Wildman–Crippen LogP) is 2.25. The summed E-state index contributed by atoms with van der Waals surface area (Å²) in [5.41, 5.74) is -0.211. The summed E-state index contributed by atoms with van der Waals surface area (Å²) in [7, 11) is 0. The molecule has 3 rings (SSSR count). The summed E-state index contributed by atoms with van der Waals surface area (Å²) in [5.74, 6) is 0.152. The van der Waals surface area contributed by atoms with Crippen LogP contribution in [0.2, 0.25) is 0 Å². The summed E-state index contributed by atoms with van der Waals surface area (Å²) in [5, 5.41) is 2.84. The molecule has 0 atom stereocenters. The second-order valence-corrected chi connectivity index (χ2v) is 7.72. The van der Waals surface area contributed by atoms with Crippen LogP contribution in [0, 0.1) is 11.2 Å². The first-order valence-corrected chi connectivity index (χ1v) is 9.86. The van der Waals surface area contributed by atoms with Crippen molar-refractivity contribution in [2.24, 2.45) is 5.41 Å². The van der Waals surface area contributed by atoms with Gasteiger partial charge in [0, 0.05) is 38.9 Å². The van der Waals surface area contributed by atoms with E-state index in [0.717, 1.165) is 11.4 Å². The molecule has 6 nitrogen and oxygen atoms in total. The van der Waals surface area contributed by atoms with Gasteiger partial charge in [-0.05, 0) is 50.1 Å². The van der Waals surface area contributed by atoms with Crippen LogP contribution in [-0.4, -0.2) is 54.4 Å². The van der Waals surface area contributed by atoms with E-state index >= 15 is 0 Å². The summed E-state index contributed by atoms with van der Waals surface area (Å²) in [6.07, 6.45) is 2.34. The fourth-order valence-electron chi connectivity index (χ4n) is 3.36. The van der Waals surface area contributed by atoms with Gasteiger partial charge in [-0.3, -0.25) is 9.59 Å². The van der Waals surface area contributed by atoms with Crippen molar-refractivity contribution in [1.82, 2.24) is 15.2 Å². The first-order chi connectivity index (χ1) is 13.9. The van der Waals surface area contributed by atoms with E-state index in [1.54, 1.807) is 37.1 Å². The average molecular weight is 398 g/mol. The highest BCUT2D eigenvalue weighted by atomic mass is 19.1. The van der Waals surface area contributed by atoms with Crippen LogP contribution >= 0.6 is 0 Å². The number of benzene rings is 1. The van der Waals surface area contributed by atoms with Gasteiger partial charge in [-0.1, -0.05) is 18.2 Å². The van der Waals surface area contributed by atoms with Gasteiger partial charge in [-0.15, -0.1) is 0 Å². The molecule has 1 saturated heterocycles. The van der Waals surface area contributed by atoms with E-state index in [1.807, 2.05) is 18.2 Å². The van der Waals surface area contributed by atoms with Crippen LogP contribution in [0.4, 0.5) is 10.2 Å². The Labute approximate surface area is 170 Å². The zero-order chi connectivity index (χ0) is 20.9. The molecule has 1 aromatic carbocycles. The molecule has 0 bridgehead atoms. The molecule has 2 amide bonds. The lowest BCUT2D eigenvalue weighted by atomic mass is 9.90. The average Bonchev–Trinajstić information content (AvgIpc) is 2.75. The summed E-state index contributed by atoms with van der Waals surface area (Å²) >= 11 is 0. The van der Waals surface area contributed by atoms with E-state index in [2.05, 4.69) is 15.2 Å². The number of carbonyl (C=O) groups excluding carboxylic acids is 2. The molecule has 0 radical (unpaired) electrons. The monoisotopic (exact) mass is 398 g/mol. The number of aromatic nitrogens is 1. The minimum Gasteiger partial charge on any atom is -0.355 e. The van der Waals surface area contributed by atoms with Crippen LogP contribution in [0.1, 0.15) is 19.4 Å². The Morgan fingerprint density at radius 3 is 2.38 bits per heavy atom. The van der Waals surface area contributed by atoms with Crippen molar-refractivity contribution in [3.05, 3.63) is 60.0 Å². The van der Waals surface area contributed by atoms with Crippen molar-refractivity contribution in [1.29, 1.82) is 0 Å². The van der Waals surface area contributed by atoms with Gasteiger partial charge in [0.1, 0.15) is 17.1 Å².